The van der Waals surface area contributed by atoms with Crippen LogP contribution in [0.25, 0.3) is 0 Å². The minimum absolute atomic E-state index is 0.0398. The zero-order valence-electron chi connectivity index (χ0n) is 9.65. The summed E-state index contributed by atoms with van der Waals surface area (Å²) in [5, 5.41) is 15.2. The highest BCUT2D eigenvalue weighted by atomic mass is 16.4. The summed E-state index contributed by atoms with van der Waals surface area (Å²) in [5.41, 5.74) is 0.831. The maximum absolute atomic E-state index is 11.8. The van der Waals surface area contributed by atoms with Crippen LogP contribution in [0.3, 0.4) is 0 Å². The largest absolute Gasteiger partial charge is 0.411 e. The van der Waals surface area contributed by atoms with E-state index in [2.05, 4.69) is 17.4 Å². The van der Waals surface area contributed by atoms with Gasteiger partial charge in [0.05, 0.1) is 5.71 Å². The lowest BCUT2D eigenvalue weighted by Crippen LogP contribution is -2.48. The van der Waals surface area contributed by atoms with E-state index in [0.29, 0.717) is 25.6 Å². The van der Waals surface area contributed by atoms with Crippen LogP contribution in [0.2, 0.25) is 0 Å². The fraction of sp³-hybridized carbons (Fsp3) is 0.818. The maximum atomic E-state index is 11.8. The smallest absolute Gasteiger partial charge is 0.317 e. The van der Waals surface area contributed by atoms with Crippen molar-refractivity contribution in [2.24, 2.45) is 11.1 Å². The predicted molar refractivity (Wildman–Crippen MR) is 60.7 cm³/mol. The lowest BCUT2D eigenvalue weighted by molar-refractivity contribution is 0.186. The number of nitrogens with zero attached hydrogens (tertiary/aromatic N) is 2. The van der Waals surface area contributed by atoms with Gasteiger partial charge in [0.1, 0.15) is 0 Å². The third-order valence-corrected chi connectivity index (χ3v) is 3.36. The van der Waals surface area contributed by atoms with Crippen LogP contribution in [0, 0.1) is 5.92 Å². The second-order valence-electron chi connectivity index (χ2n) is 4.62. The van der Waals surface area contributed by atoms with E-state index in [1.54, 1.807) is 0 Å². The van der Waals surface area contributed by atoms with Crippen molar-refractivity contribution < 1.29 is 10.0 Å². The highest BCUT2D eigenvalue weighted by Gasteiger charge is 2.30. The summed E-state index contributed by atoms with van der Waals surface area (Å²) in [7, 11) is 0. The lowest BCUT2D eigenvalue weighted by atomic mass is 9.93. The molecule has 2 rings (SSSR count). The number of urea groups is 1. The van der Waals surface area contributed by atoms with Gasteiger partial charge in [0.2, 0.25) is 0 Å². The molecule has 0 spiro atoms. The fourth-order valence-corrected chi connectivity index (χ4v) is 2.09. The van der Waals surface area contributed by atoms with Crippen molar-refractivity contribution in [3.8, 4) is 0 Å². The Hall–Kier alpha value is -1.26. The van der Waals surface area contributed by atoms with E-state index in [1.807, 2.05) is 4.90 Å². The molecule has 1 saturated heterocycles. The van der Waals surface area contributed by atoms with Gasteiger partial charge < -0.3 is 15.4 Å². The third-order valence-electron chi connectivity index (χ3n) is 3.36. The molecule has 2 aliphatic rings. The number of rotatable bonds is 2. The summed E-state index contributed by atoms with van der Waals surface area (Å²) in [6, 6.07) is 0.443. The van der Waals surface area contributed by atoms with E-state index in [9.17, 15) is 4.79 Å². The Kier molecular flexibility index (Phi) is 3.31. The van der Waals surface area contributed by atoms with E-state index >= 15 is 0 Å². The van der Waals surface area contributed by atoms with Gasteiger partial charge in [-0.1, -0.05) is 12.1 Å². The summed E-state index contributed by atoms with van der Waals surface area (Å²) in [4.78, 5) is 13.7. The van der Waals surface area contributed by atoms with E-state index in [-0.39, 0.29) is 11.9 Å². The van der Waals surface area contributed by atoms with Crippen LogP contribution in [0.5, 0.6) is 0 Å². The van der Waals surface area contributed by atoms with Crippen molar-refractivity contribution in [2.75, 3.05) is 13.1 Å². The normalized spacial score (nSPS) is 28.2. The van der Waals surface area contributed by atoms with Gasteiger partial charge in [-0.2, -0.15) is 0 Å². The number of nitrogens with one attached hydrogen (secondary N) is 1. The van der Waals surface area contributed by atoms with E-state index in [0.717, 1.165) is 25.0 Å². The van der Waals surface area contributed by atoms with Gasteiger partial charge in [0.25, 0.3) is 0 Å². The third kappa shape index (κ3) is 2.46. The average Bonchev–Trinajstić information content (AvgIpc) is 3.11. The van der Waals surface area contributed by atoms with Crippen LogP contribution in [0.15, 0.2) is 5.16 Å². The average molecular weight is 225 g/mol. The van der Waals surface area contributed by atoms with Crippen LogP contribution in [-0.4, -0.2) is 41.0 Å². The first-order valence-electron chi connectivity index (χ1n) is 6.00. The summed E-state index contributed by atoms with van der Waals surface area (Å²) >= 11 is 0. The first kappa shape index (κ1) is 11.2. The molecule has 2 N–H and O–H groups in total. The summed E-state index contributed by atoms with van der Waals surface area (Å²) in [5.74, 6) is 0.212. The molecule has 1 heterocycles. The lowest BCUT2D eigenvalue weighted by Gasteiger charge is -2.32. The van der Waals surface area contributed by atoms with Crippen LogP contribution in [-0.2, 0) is 0 Å². The Morgan fingerprint density at radius 1 is 1.62 bits per heavy atom. The molecule has 1 atom stereocenters. The van der Waals surface area contributed by atoms with E-state index in [1.165, 1.54) is 0 Å². The molecule has 0 aromatic rings. The molecule has 5 nitrogen and oxygen atoms in total. The molecular weight excluding hydrogens is 206 g/mol. The SMILES string of the molecule is CCC1CN(C(=O)NC2CC2)CCC1=NO. The molecule has 1 unspecified atom stereocenters. The molecule has 2 amide bonds. The Morgan fingerprint density at radius 3 is 2.94 bits per heavy atom. The van der Waals surface area contributed by atoms with Crippen molar-refractivity contribution in [1.82, 2.24) is 10.2 Å². The van der Waals surface area contributed by atoms with Crippen LogP contribution in [0.4, 0.5) is 4.79 Å². The number of likely N-dealkylation sites (tertiary alicyclic amines) is 1. The van der Waals surface area contributed by atoms with Crippen molar-refractivity contribution in [3.05, 3.63) is 0 Å². The number of oxime groups is 1. The van der Waals surface area contributed by atoms with Crippen LogP contribution < -0.4 is 5.32 Å². The number of carbonyl (C=O) groups excluding carboxylic acids is 1. The second kappa shape index (κ2) is 4.72. The fourth-order valence-electron chi connectivity index (χ4n) is 2.09. The standard InChI is InChI=1S/C11H19N3O2/c1-2-8-7-14(6-5-10(8)13-16)11(15)12-9-3-4-9/h8-9,16H,2-7H2,1H3,(H,12,15). The van der Waals surface area contributed by atoms with Gasteiger partial charge in [-0.25, -0.2) is 4.79 Å². The second-order valence-corrected chi connectivity index (χ2v) is 4.62. The van der Waals surface area contributed by atoms with Gasteiger partial charge >= 0.3 is 6.03 Å². The predicted octanol–water partition coefficient (Wildman–Crippen LogP) is 1.42. The van der Waals surface area contributed by atoms with Gasteiger partial charge in [0.15, 0.2) is 0 Å². The minimum Gasteiger partial charge on any atom is -0.411 e. The number of amides is 2. The number of hydrogen-bond donors (Lipinski definition) is 2. The molecule has 0 bridgehead atoms. The summed E-state index contributed by atoms with van der Waals surface area (Å²) in [6.07, 6.45) is 3.82. The molecular formula is C11H19N3O2. The first-order chi connectivity index (χ1) is 7.74. The Morgan fingerprint density at radius 2 is 2.38 bits per heavy atom. The van der Waals surface area contributed by atoms with Crippen molar-refractivity contribution in [2.45, 2.75) is 38.6 Å². The zero-order chi connectivity index (χ0) is 11.5. The van der Waals surface area contributed by atoms with Crippen molar-refractivity contribution in [1.29, 1.82) is 0 Å². The number of piperidine rings is 1. The quantitative estimate of drug-likeness (QED) is 0.551. The van der Waals surface area contributed by atoms with Gasteiger partial charge in [0, 0.05) is 31.5 Å². The molecule has 5 heteroatoms. The van der Waals surface area contributed by atoms with Crippen LogP contribution >= 0.6 is 0 Å². The highest BCUT2D eigenvalue weighted by Crippen LogP contribution is 2.21. The van der Waals surface area contributed by atoms with Crippen molar-refractivity contribution in [3.63, 3.8) is 0 Å². The van der Waals surface area contributed by atoms with Gasteiger partial charge in [-0.3, -0.25) is 0 Å². The molecule has 0 aromatic carbocycles. The molecule has 2 fully saturated rings. The zero-order valence-corrected chi connectivity index (χ0v) is 9.65. The highest BCUT2D eigenvalue weighted by molar-refractivity contribution is 5.89. The summed E-state index contributed by atoms with van der Waals surface area (Å²) < 4.78 is 0. The topological polar surface area (TPSA) is 64.9 Å². The molecule has 0 radical (unpaired) electrons. The molecule has 1 saturated carbocycles. The molecule has 90 valence electrons. The molecule has 0 aromatic heterocycles. The molecule has 1 aliphatic heterocycles. The van der Waals surface area contributed by atoms with Crippen LogP contribution in [0.1, 0.15) is 32.6 Å². The maximum Gasteiger partial charge on any atom is 0.317 e. The van der Waals surface area contributed by atoms with Gasteiger partial charge in [-0.15, -0.1) is 0 Å². The summed E-state index contributed by atoms with van der Waals surface area (Å²) in [6.45, 7) is 3.39. The Labute approximate surface area is 95.5 Å². The van der Waals surface area contributed by atoms with Crippen molar-refractivity contribution >= 4 is 11.7 Å². The van der Waals surface area contributed by atoms with E-state index < -0.39 is 0 Å². The minimum atomic E-state index is 0.0398. The molecule has 1 aliphatic carbocycles. The Balaban J connectivity index is 1.90. The Bertz CT molecular complexity index is 300. The first-order valence-corrected chi connectivity index (χ1v) is 6.00. The number of hydrogen-bond acceptors (Lipinski definition) is 3. The van der Waals surface area contributed by atoms with Gasteiger partial charge in [-0.05, 0) is 19.3 Å². The van der Waals surface area contributed by atoms with E-state index in [4.69, 9.17) is 5.21 Å². The monoisotopic (exact) mass is 225 g/mol. The number of carbonyl (C=O) groups is 1. The molecule has 16 heavy (non-hydrogen) atoms.